The lowest BCUT2D eigenvalue weighted by molar-refractivity contribution is -0.132. The van der Waals surface area contributed by atoms with Crippen LogP contribution in [0.5, 0.6) is 0 Å². The highest BCUT2D eigenvalue weighted by Gasteiger charge is 2.25. The van der Waals surface area contributed by atoms with Gasteiger partial charge in [0.15, 0.2) is 0 Å². The first-order chi connectivity index (χ1) is 10.2. The van der Waals surface area contributed by atoms with Crippen LogP contribution in [-0.2, 0) is 14.3 Å². The van der Waals surface area contributed by atoms with Crippen LogP contribution in [0, 0.1) is 5.92 Å². The summed E-state index contributed by atoms with van der Waals surface area (Å²) in [5.41, 5.74) is 0. The lowest BCUT2D eigenvalue weighted by atomic mass is 10.1. The quantitative estimate of drug-likeness (QED) is 0.713. The Hall–Kier alpha value is -0.790. The number of nitrogens with zero attached hydrogens (tertiary/aromatic N) is 1. The molecule has 2 amide bonds. The van der Waals surface area contributed by atoms with Crippen LogP contribution in [0.25, 0.3) is 0 Å². The second kappa shape index (κ2) is 8.60. The van der Waals surface area contributed by atoms with Gasteiger partial charge in [-0.2, -0.15) is 0 Å². The van der Waals surface area contributed by atoms with Gasteiger partial charge in [0.2, 0.25) is 11.8 Å². The molecule has 1 aliphatic carbocycles. The zero-order valence-electron chi connectivity index (χ0n) is 12.3. The van der Waals surface area contributed by atoms with Crippen LogP contribution in [0.15, 0.2) is 0 Å². The molecule has 21 heavy (non-hydrogen) atoms. The Morgan fingerprint density at radius 3 is 2.67 bits per heavy atom. The molecule has 0 radical (unpaired) electrons. The van der Waals surface area contributed by atoms with Crippen molar-refractivity contribution in [2.24, 2.45) is 5.92 Å². The zero-order chi connectivity index (χ0) is 15.1. The summed E-state index contributed by atoms with van der Waals surface area (Å²) in [7, 11) is 0. The van der Waals surface area contributed by atoms with Crippen LogP contribution < -0.4 is 5.32 Å². The summed E-state index contributed by atoms with van der Waals surface area (Å²) >= 11 is 1.34. The molecule has 0 bridgehead atoms. The monoisotopic (exact) mass is 316 g/mol. The summed E-state index contributed by atoms with van der Waals surface area (Å²) in [6.07, 6.45) is 2.57. The molecule has 0 aromatic carbocycles. The molecule has 1 heterocycles. The topological polar surface area (TPSA) is 78.9 Å². The minimum absolute atomic E-state index is 0.0612. The number of aliphatic hydroxyl groups excluding tert-OH is 1. The first-order valence-electron chi connectivity index (χ1n) is 7.55. The van der Waals surface area contributed by atoms with Gasteiger partial charge in [-0.15, -0.1) is 11.8 Å². The third-order valence-corrected chi connectivity index (χ3v) is 4.92. The van der Waals surface area contributed by atoms with E-state index in [0.29, 0.717) is 44.4 Å². The maximum atomic E-state index is 11.9. The number of rotatable bonds is 6. The molecule has 2 rings (SSSR count). The molecular formula is C14H24N2O4S. The van der Waals surface area contributed by atoms with Gasteiger partial charge in [-0.3, -0.25) is 9.59 Å². The highest BCUT2D eigenvalue weighted by atomic mass is 32.2. The fraction of sp³-hybridized carbons (Fsp3) is 0.857. The largest absolute Gasteiger partial charge is 0.393 e. The Labute approximate surface area is 129 Å². The van der Waals surface area contributed by atoms with E-state index in [2.05, 4.69) is 5.32 Å². The van der Waals surface area contributed by atoms with Crippen molar-refractivity contribution in [1.82, 2.24) is 10.2 Å². The van der Waals surface area contributed by atoms with Gasteiger partial charge >= 0.3 is 0 Å². The fourth-order valence-electron chi connectivity index (χ4n) is 2.69. The zero-order valence-corrected chi connectivity index (χ0v) is 13.1. The number of nitrogens with one attached hydrogen (secondary N) is 1. The summed E-state index contributed by atoms with van der Waals surface area (Å²) < 4.78 is 5.20. The van der Waals surface area contributed by atoms with E-state index in [9.17, 15) is 14.7 Å². The summed E-state index contributed by atoms with van der Waals surface area (Å²) in [6.45, 7) is 3.02. The van der Waals surface area contributed by atoms with Gasteiger partial charge in [0.1, 0.15) is 0 Å². The van der Waals surface area contributed by atoms with Gasteiger partial charge in [-0.25, -0.2) is 0 Å². The molecule has 120 valence electrons. The number of ether oxygens (including phenoxy) is 1. The van der Waals surface area contributed by atoms with Crippen molar-refractivity contribution in [3.05, 3.63) is 0 Å². The molecule has 2 N–H and O–H groups in total. The van der Waals surface area contributed by atoms with E-state index in [-0.39, 0.29) is 23.8 Å². The van der Waals surface area contributed by atoms with Crippen molar-refractivity contribution in [2.75, 3.05) is 44.4 Å². The Bertz CT molecular complexity index is 361. The number of aliphatic hydroxyl groups is 1. The highest BCUT2D eigenvalue weighted by Crippen LogP contribution is 2.24. The second-order valence-electron chi connectivity index (χ2n) is 5.55. The average molecular weight is 316 g/mol. The lowest BCUT2D eigenvalue weighted by Gasteiger charge is -2.26. The minimum Gasteiger partial charge on any atom is -0.393 e. The van der Waals surface area contributed by atoms with Gasteiger partial charge in [0.05, 0.1) is 30.8 Å². The average Bonchev–Trinajstić information content (AvgIpc) is 2.91. The van der Waals surface area contributed by atoms with Crippen LogP contribution in [0.2, 0.25) is 0 Å². The third kappa shape index (κ3) is 5.48. The Kier molecular flexibility index (Phi) is 6.79. The van der Waals surface area contributed by atoms with Crippen molar-refractivity contribution in [1.29, 1.82) is 0 Å². The van der Waals surface area contributed by atoms with Crippen LogP contribution in [0.1, 0.15) is 19.3 Å². The number of thioether (sulfide) groups is 1. The van der Waals surface area contributed by atoms with Gasteiger partial charge in [0, 0.05) is 25.6 Å². The molecule has 2 fully saturated rings. The van der Waals surface area contributed by atoms with E-state index >= 15 is 0 Å². The molecule has 0 aromatic rings. The fourth-order valence-corrected chi connectivity index (χ4v) is 3.43. The van der Waals surface area contributed by atoms with Gasteiger partial charge in [-0.1, -0.05) is 6.42 Å². The summed E-state index contributed by atoms with van der Waals surface area (Å²) in [4.78, 5) is 25.4. The standard InChI is InChI=1S/C14H24N2O4S/c17-12-3-1-2-11(12)8-15-13(18)9-21-10-14(19)16-4-6-20-7-5-16/h11-12,17H,1-10H2,(H,15,18). The van der Waals surface area contributed by atoms with Crippen molar-refractivity contribution in [3.63, 3.8) is 0 Å². The molecule has 0 spiro atoms. The number of hydrogen-bond donors (Lipinski definition) is 2. The molecule has 1 saturated heterocycles. The van der Waals surface area contributed by atoms with E-state index in [4.69, 9.17) is 4.74 Å². The smallest absolute Gasteiger partial charge is 0.232 e. The number of carbonyl (C=O) groups excluding carboxylic acids is 2. The van der Waals surface area contributed by atoms with E-state index in [1.54, 1.807) is 4.90 Å². The summed E-state index contributed by atoms with van der Waals surface area (Å²) in [5.74, 6) is 0.823. The van der Waals surface area contributed by atoms with E-state index in [1.165, 1.54) is 11.8 Å². The normalized spacial score (nSPS) is 25.9. The maximum Gasteiger partial charge on any atom is 0.232 e. The molecule has 1 saturated carbocycles. The predicted octanol–water partition coefficient (Wildman–Crippen LogP) is -0.144. The van der Waals surface area contributed by atoms with Gasteiger partial charge in [0.25, 0.3) is 0 Å². The predicted molar refractivity (Wildman–Crippen MR) is 81.1 cm³/mol. The first-order valence-corrected chi connectivity index (χ1v) is 8.70. The van der Waals surface area contributed by atoms with Crippen LogP contribution in [0.3, 0.4) is 0 Å². The van der Waals surface area contributed by atoms with Crippen LogP contribution in [0.4, 0.5) is 0 Å². The van der Waals surface area contributed by atoms with Crippen molar-refractivity contribution in [3.8, 4) is 0 Å². The number of hydrogen-bond acceptors (Lipinski definition) is 5. The molecular weight excluding hydrogens is 292 g/mol. The molecule has 1 aliphatic heterocycles. The third-order valence-electron chi connectivity index (χ3n) is 4.00. The van der Waals surface area contributed by atoms with Gasteiger partial charge < -0.3 is 20.1 Å². The Morgan fingerprint density at radius 2 is 2.00 bits per heavy atom. The first kappa shape index (κ1) is 16.6. The number of amides is 2. The number of morpholine rings is 1. The highest BCUT2D eigenvalue weighted by molar-refractivity contribution is 8.00. The summed E-state index contributed by atoms with van der Waals surface area (Å²) in [6, 6.07) is 0. The minimum atomic E-state index is -0.277. The van der Waals surface area contributed by atoms with Crippen molar-refractivity contribution in [2.45, 2.75) is 25.4 Å². The van der Waals surface area contributed by atoms with E-state index < -0.39 is 0 Å². The molecule has 0 aromatic heterocycles. The van der Waals surface area contributed by atoms with E-state index in [1.807, 2.05) is 0 Å². The maximum absolute atomic E-state index is 11.9. The van der Waals surface area contributed by atoms with Crippen LogP contribution in [-0.4, -0.2) is 72.3 Å². The molecule has 7 heteroatoms. The molecule has 2 atom stereocenters. The van der Waals surface area contributed by atoms with Crippen LogP contribution >= 0.6 is 11.8 Å². The SMILES string of the molecule is O=C(CSCC(=O)N1CCOCC1)NCC1CCCC1O. The lowest BCUT2D eigenvalue weighted by Crippen LogP contribution is -2.41. The Balaban J connectivity index is 1.55. The van der Waals surface area contributed by atoms with Gasteiger partial charge in [-0.05, 0) is 12.8 Å². The molecule has 6 nitrogen and oxygen atoms in total. The van der Waals surface area contributed by atoms with Crippen molar-refractivity contribution < 1.29 is 19.4 Å². The van der Waals surface area contributed by atoms with E-state index in [0.717, 1.165) is 19.3 Å². The molecule has 2 unspecified atom stereocenters. The second-order valence-corrected chi connectivity index (χ2v) is 6.53. The van der Waals surface area contributed by atoms with Crippen molar-refractivity contribution >= 4 is 23.6 Å². The summed E-state index contributed by atoms with van der Waals surface area (Å²) in [5, 5.41) is 12.5. The molecule has 2 aliphatic rings. The Morgan fingerprint density at radius 1 is 1.24 bits per heavy atom. The number of carbonyl (C=O) groups is 2.